The van der Waals surface area contributed by atoms with Gasteiger partial charge in [0.1, 0.15) is 13.2 Å². The normalized spacial score (nSPS) is 13.7. The fraction of sp³-hybridized carbons (Fsp3) is 0.333. The third-order valence-corrected chi connectivity index (χ3v) is 2.11. The van der Waals surface area contributed by atoms with Crippen LogP contribution in [0.15, 0.2) is 12.1 Å². The van der Waals surface area contributed by atoms with Gasteiger partial charge in [-0.2, -0.15) is 0 Å². The molecule has 80 valence electrons. The van der Waals surface area contributed by atoms with E-state index in [0.717, 1.165) is 0 Å². The van der Waals surface area contributed by atoms with E-state index in [1.807, 2.05) is 0 Å². The molecule has 0 unspecified atom stereocenters. The van der Waals surface area contributed by atoms with Crippen molar-refractivity contribution in [1.29, 1.82) is 0 Å². The van der Waals surface area contributed by atoms with Crippen LogP contribution in [0.2, 0.25) is 0 Å². The van der Waals surface area contributed by atoms with Crippen LogP contribution in [0.1, 0.15) is 5.56 Å². The molecule has 0 aromatic heterocycles. The summed E-state index contributed by atoms with van der Waals surface area (Å²) >= 11 is 0. The van der Waals surface area contributed by atoms with Crippen molar-refractivity contribution in [3.63, 3.8) is 0 Å². The number of hydrogen-bond acceptors (Lipinski definition) is 5. The molecule has 1 aliphatic rings. The van der Waals surface area contributed by atoms with Gasteiger partial charge in [-0.05, 0) is 11.6 Å². The maximum Gasteiger partial charge on any atom is 0.315 e. The Hall–Kier alpha value is -1.82. The quantitative estimate of drug-likeness (QED) is 0.576. The van der Waals surface area contributed by atoms with Crippen LogP contribution < -0.4 is 15.2 Å². The van der Waals surface area contributed by atoms with Gasteiger partial charge in [0.05, 0.1) is 4.92 Å². The zero-order valence-electron chi connectivity index (χ0n) is 7.93. The van der Waals surface area contributed by atoms with E-state index in [4.69, 9.17) is 15.2 Å². The van der Waals surface area contributed by atoms with E-state index in [9.17, 15) is 10.1 Å². The molecule has 0 atom stereocenters. The Kier molecular flexibility index (Phi) is 2.42. The molecule has 0 saturated carbocycles. The van der Waals surface area contributed by atoms with E-state index in [2.05, 4.69) is 0 Å². The van der Waals surface area contributed by atoms with Gasteiger partial charge in [-0.25, -0.2) is 0 Å². The van der Waals surface area contributed by atoms with Gasteiger partial charge in [-0.3, -0.25) is 10.1 Å². The molecular formula is C9H10N2O4. The number of hydrogen-bond donors (Lipinski definition) is 1. The van der Waals surface area contributed by atoms with Crippen molar-refractivity contribution in [2.24, 2.45) is 5.73 Å². The Labute approximate surface area is 85.7 Å². The van der Waals surface area contributed by atoms with E-state index >= 15 is 0 Å². The first-order valence-electron chi connectivity index (χ1n) is 4.49. The standard InChI is InChI=1S/C9H10N2O4/c10-5-6-3-7(11(12)13)9-8(4-6)14-1-2-15-9/h3-4H,1-2,5,10H2. The zero-order valence-corrected chi connectivity index (χ0v) is 7.93. The average molecular weight is 210 g/mol. The minimum Gasteiger partial charge on any atom is -0.486 e. The molecule has 1 aromatic rings. The molecule has 0 fully saturated rings. The number of benzene rings is 1. The predicted molar refractivity (Wildman–Crippen MR) is 52.0 cm³/mol. The minimum absolute atomic E-state index is 0.0901. The van der Waals surface area contributed by atoms with Crippen LogP contribution in [0.25, 0.3) is 0 Å². The Balaban J connectivity index is 2.55. The molecule has 2 rings (SSSR count). The van der Waals surface area contributed by atoms with E-state index in [1.165, 1.54) is 6.07 Å². The Bertz CT molecular complexity index is 405. The van der Waals surface area contributed by atoms with Crippen molar-refractivity contribution in [1.82, 2.24) is 0 Å². The van der Waals surface area contributed by atoms with Crippen LogP contribution in [0.3, 0.4) is 0 Å². The van der Waals surface area contributed by atoms with Crippen molar-refractivity contribution in [3.8, 4) is 11.5 Å². The number of nitrogens with two attached hydrogens (primary N) is 1. The lowest BCUT2D eigenvalue weighted by atomic mass is 10.1. The summed E-state index contributed by atoms with van der Waals surface area (Å²) in [5.41, 5.74) is 6.00. The predicted octanol–water partition coefficient (Wildman–Crippen LogP) is 0.825. The van der Waals surface area contributed by atoms with Crippen LogP contribution in [0, 0.1) is 10.1 Å². The second kappa shape index (κ2) is 3.74. The Morgan fingerprint density at radius 2 is 2.13 bits per heavy atom. The monoisotopic (exact) mass is 210 g/mol. The SMILES string of the molecule is NCc1cc2c(c([N+](=O)[O-])c1)OCCO2. The number of nitrogens with zero attached hydrogens (tertiary/aromatic N) is 1. The molecule has 0 spiro atoms. The molecule has 0 bridgehead atoms. The second-order valence-corrected chi connectivity index (χ2v) is 3.10. The first-order chi connectivity index (χ1) is 7.22. The van der Waals surface area contributed by atoms with Crippen molar-refractivity contribution in [3.05, 3.63) is 27.8 Å². The van der Waals surface area contributed by atoms with Gasteiger partial charge in [0.25, 0.3) is 0 Å². The fourth-order valence-electron chi connectivity index (χ4n) is 1.44. The van der Waals surface area contributed by atoms with Gasteiger partial charge < -0.3 is 15.2 Å². The highest BCUT2D eigenvalue weighted by atomic mass is 16.6. The smallest absolute Gasteiger partial charge is 0.315 e. The van der Waals surface area contributed by atoms with E-state index < -0.39 is 4.92 Å². The second-order valence-electron chi connectivity index (χ2n) is 3.10. The highest BCUT2D eigenvalue weighted by molar-refractivity contribution is 5.58. The van der Waals surface area contributed by atoms with Crippen LogP contribution in [0.5, 0.6) is 11.5 Å². The number of ether oxygens (including phenoxy) is 2. The lowest BCUT2D eigenvalue weighted by Gasteiger charge is -2.18. The average Bonchev–Trinajstić information content (AvgIpc) is 2.27. The molecule has 0 amide bonds. The van der Waals surface area contributed by atoms with Crippen molar-refractivity contribution in [2.75, 3.05) is 13.2 Å². The van der Waals surface area contributed by atoms with Crippen LogP contribution in [-0.4, -0.2) is 18.1 Å². The summed E-state index contributed by atoms with van der Waals surface area (Å²) in [7, 11) is 0. The lowest BCUT2D eigenvalue weighted by molar-refractivity contribution is -0.386. The van der Waals surface area contributed by atoms with Gasteiger partial charge >= 0.3 is 5.69 Å². The summed E-state index contributed by atoms with van der Waals surface area (Å²) in [5, 5.41) is 10.8. The summed E-state index contributed by atoms with van der Waals surface area (Å²) in [6.45, 7) is 0.964. The van der Waals surface area contributed by atoms with Gasteiger partial charge in [0.15, 0.2) is 5.75 Å². The van der Waals surface area contributed by atoms with E-state index in [-0.39, 0.29) is 18.0 Å². The Morgan fingerprint density at radius 1 is 1.40 bits per heavy atom. The van der Waals surface area contributed by atoms with Gasteiger partial charge in [-0.15, -0.1) is 0 Å². The van der Waals surface area contributed by atoms with Crippen molar-refractivity contribution < 1.29 is 14.4 Å². The highest BCUT2D eigenvalue weighted by Gasteiger charge is 2.24. The Morgan fingerprint density at radius 3 is 2.80 bits per heavy atom. The molecule has 0 radical (unpaired) electrons. The van der Waals surface area contributed by atoms with Crippen molar-refractivity contribution >= 4 is 5.69 Å². The first-order valence-corrected chi connectivity index (χ1v) is 4.49. The summed E-state index contributed by atoms with van der Waals surface area (Å²) in [4.78, 5) is 10.3. The van der Waals surface area contributed by atoms with Crippen molar-refractivity contribution in [2.45, 2.75) is 6.54 Å². The van der Waals surface area contributed by atoms with E-state index in [0.29, 0.717) is 24.5 Å². The number of nitro groups is 1. The minimum atomic E-state index is -0.493. The molecule has 6 heteroatoms. The first kappa shape index (κ1) is 9.72. The molecule has 1 aliphatic heterocycles. The highest BCUT2D eigenvalue weighted by Crippen LogP contribution is 2.39. The largest absolute Gasteiger partial charge is 0.486 e. The number of fused-ring (bicyclic) bond motifs is 1. The number of nitro benzene ring substituents is 1. The topological polar surface area (TPSA) is 87.6 Å². The van der Waals surface area contributed by atoms with Crippen LogP contribution >= 0.6 is 0 Å². The van der Waals surface area contributed by atoms with Crippen LogP contribution in [-0.2, 0) is 6.54 Å². The molecule has 15 heavy (non-hydrogen) atoms. The molecule has 6 nitrogen and oxygen atoms in total. The molecule has 0 aliphatic carbocycles. The summed E-state index contributed by atoms with van der Waals surface area (Å²) < 4.78 is 10.5. The fourth-order valence-corrected chi connectivity index (χ4v) is 1.44. The third-order valence-electron chi connectivity index (χ3n) is 2.11. The van der Waals surface area contributed by atoms with E-state index in [1.54, 1.807) is 6.07 Å². The van der Waals surface area contributed by atoms with Gasteiger partial charge in [0, 0.05) is 12.6 Å². The maximum absolute atomic E-state index is 10.8. The summed E-state index contributed by atoms with van der Waals surface area (Å²) in [6.07, 6.45) is 0. The molecular weight excluding hydrogens is 200 g/mol. The molecule has 1 aromatic carbocycles. The maximum atomic E-state index is 10.8. The van der Waals surface area contributed by atoms with Crippen LogP contribution in [0.4, 0.5) is 5.69 Å². The van der Waals surface area contributed by atoms with Gasteiger partial charge in [0.2, 0.25) is 5.75 Å². The van der Waals surface area contributed by atoms with Gasteiger partial charge in [-0.1, -0.05) is 0 Å². The third kappa shape index (κ3) is 1.71. The molecule has 0 saturated heterocycles. The lowest BCUT2D eigenvalue weighted by Crippen LogP contribution is -2.17. The summed E-state index contributed by atoms with van der Waals surface area (Å²) in [6, 6.07) is 3.08. The number of rotatable bonds is 2. The zero-order chi connectivity index (χ0) is 10.8. The molecule has 2 N–H and O–H groups in total. The summed E-state index contributed by atoms with van der Waals surface area (Å²) in [5.74, 6) is 0.597. The molecule has 1 heterocycles.